The molecule has 0 saturated heterocycles. The summed E-state index contributed by atoms with van der Waals surface area (Å²) in [7, 11) is 0. The standard InChI is InChI=1S/C15H26O3/c1-11(2)7-6-10-18-13(16)12-8-9-15(5,17)14(12,3)4/h7,12,17H,6,8-10H2,1-5H3/t12?,15-/m0/s1. The van der Waals surface area contributed by atoms with E-state index in [2.05, 4.69) is 6.08 Å². The van der Waals surface area contributed by atoms with Crippen molar-refractivity contribution in [3.63, 3.8) is 0 Å². The number of carbonyl (C=O) groups excluding carboxylic acids is 1. The lowest BCUT2D eigenvalue weighted by Gasteiger charge is -2.36. The number of hydrogen-bond acceptors (Lipinski definition) is 3. The maximum atomic E-state index is 12.0. The third kappa shape index (κ3) is 3.14. The minimum atomic E-state index is -0.781. The Balaban J connectivity index is 2.51. The minimum Gasteiger partial charge on any atom is -0.465 e. The van der Waals surface area contributed by atoms with E-state index < -0.39 is 11.0 Å². The smallest absolute Gasteiger partial charge is 0.309 e. The monoisotopic (exact) mass is 254 g/mol. The second kappa shape index (κ2) is 5.43. The summed E-state index contributed by atoms with van der Waals surface area (Å²) in [5.74, 6) is -0.362. The molecule has 0 bridgehead atoms. The zero-order valence-electron chi connectivity index (χ0n) is 12.2. The molecule has 0 aromatic rings. The van der Waals surface area contributed by atoms with Crippen LogP contribution >= 0.6 is 0 Å². The molecule has 1 N–H and O–H groups in total. The molecule has 0 aliphatic heterocycles. The Hall–Kier alpha value is -0.830. The lowest BCUT2D eigenvalue weighted by Crippen LogP contribution is -2.42. The Kier molecular flexibility index (Phi) is 4.60. The third-order valence-corrected chi connectivity index (χ3v) is 4.38. The van der Waals surface area contributed by atoms with Gasteiger partial charge in [0.05, 0.1) is 18.1 Å². The number of aliphatic hydroxyl groups is 1. The van der Waals surface area contributed by atoms with Crippen molar-refractivity contribution < 1.29 is 14.6 Å². The highest BCUT2D eigenvalue weighted by Crippen LogP contribution is 2.50. The van der Waals surface area contributed by atoms with Crippen molar-refractivity contribution >= 4 is 5.97 Å². The van der Waals surface area contributed by atoms with Crippen LogP contribution in [0.5, 0.6) is 0 Å². The summed E-state index contributed by atoms with van der Waals surface area (Å²) in [6.45, 7) is 10.2. The van der Waals surface area contributed by atoms with Crippen molar-refractivity contribution in [2.45, 2.75) is 59.5 Å². The number of hydrogen-bond donors (Lipinski definition) is 1. The van der Waals surface area contributed by atoms with Gasteiger partial charge in [-0.3, -0.25) is 4.79 Å². The highest BCUT2D eigenvalue weighted by atomic mass is 16.5. The summed E-state index contributed by atoms with van der Waals surface area (Å²) in [5.41, 5.74) is 0.0344. The second-order valence-electron chi connectivity index (χ2n) is 6.32. The molecule has 1 fully saturated rings. The molecular formula is C15H26O3. The van der Waals surface area contributed by atoms with Crippen LogP contribution in [0.2, 0.25) is 0 Å². The van der Waals surface area contributed by atoms with Crippen molar-refractivity contribution in [3.05, 3.63) is 11.6 Å². The average Bonchev–Trinajstić information content (AvgIpc) is 2.43. The van der Waals surface area contributed by atoms with E-state index in [0.717, 1.165) is 6.42 Å². The molecule has 1 saturated carbocycles. The van der Waals surface area contributed by atoms with E-state index >= 15 is 0 Å². The summed E-state index contributed by atoms with van der Waals surface area (Å²) in [4.78, 5) is 12.0. The molecule has 0 heterocycles. The Labute approximate surface area is 110 Å². The SMILES string of the molecule is CC(C)=CCCOC(=O)C1CC[C@](C)(O)C1(C)C. The van der Waals surface area contributed by atoms with Gasteiger partial charge in [0.25, 0.3) is 0 Å². The minimum absolute atomic E-state index is 0.167. The molecule has 0 amide bonds. The normalized spacial score (nSPS) is 30.0. The van der Waals surface area contributed by atoms with Gasteiger partial charge in [-0.1, -0.05) is 25.5 Å². The predicted octanol–water partition coefficient (Wildman–Crippen LogP) is 3.07. The third-order valence-electron chi connectivity index (χ3n) is 4.38. The van der Waals surface area contributed by atoms with Gasteiger partial charge < -0.3 is 9.84 Å². The topological polar surface area (TPSA) is 46.5 Å². The predicted molar refractivity (Wildman–Crippen MR) is 72.1 cm³/mol. The van der Waals surface area contributed by atoms with Crippen LogP contribution in [0.1, 0.15) is 53.9 Å². The van der Waals surface area contributed by atoms with Gasteiger partial charge in [0.2, 0.25) is 0 Å². The van der Waals surface area contributed by atoms with E-state index in [1.807, 2.05) is 34.6 Å². The van der Waals surface area contributed by atoms with Crippen LogP contribution in [0.3, 0.4) is 0 Å². The summed E-state index contributed by atoms with van der Waals surface area (Å²) >= 11 is 0. The van der Waals surface area contributed by atoms with Gasteiger partial charge in [-0.15, -0.1) is 0 Å². The Bertz CT molecular complexity index is 336. The molecule has 1 aliphatic rings. The fraction of sp³-hybridized carbons (Fsp3) is 0.800. The zero-order valence-corrected chi connectivity index (χ0v) is 12.2. The quantitative estimate of drug-likeness (QED) is 0.476. The summed E-state index contributed by atoms with van der Waals surface area (Å²) in [5, 5.41) is 10.3. The van der Waals surface area contributed by atoms with E-state index in [1.54, 1.807) is 0 Å². The average molecular weight is 254 g/mol. The molecule has 0 spiro atoms. The number of carbonyl (C=O) groups is 1. The van der Waals surface area contributed by atoms with Crippen LogP contribution in [-0.4, -0.2) is 23.3 Å². The van der Waals surface area contributed by atoms with Crippen molar-refractivity contribution in [1.29, 1.82) is 0 Å². The van der Waals surface area contributed by atoms with Gasteiger partial charge in [0.15, 0.2) is 0 Å². The number of ether oxygens (including phenoxy) is 1. The largest absolute Gasteiger partial charge is 0.465 e. The molecule has 2 atom stereocenters. The van der Waals surface area contributed by atoms with Crippen LogP contribution in [0.25, 0.3) is 0 Å². The van der Waals surface area contributed by atoms with Crippen LogP contribution in [-0.2, 0) is 9.53 Å². The maximum absolute atomic E-state index is 12.0. The van der Waals surface area contributed by atoms with Gasteiger partial charge in [0, 0.05) is 5.41 Å². The molecule has 0 radical (unpaired) electrons. The highest BCUT2D eigenvalue weighted by Gasteiger charge is 2.53. The first-order chi connectivity index (χ1) is 8.18. The lowest BCUT2D eigenvalue weighted by molar-refractivity contribution is -0.155. The second-order valence-corrected chi connectivity index (χ2v) is 6.32. The van der Waals surface area contributed by atoms with E-state index in [4.69, 9.17) is 4.74 Å². The fourth-order valence-corrected chi connectivity index (χ4v) is 2.50. The Morgan fingerprint density at radius 3 is 2.44 bits per heavy atom. The number of esters is 1. The molecule has 1 unspecified atom stereocenters. The van der Waals surface area contributed by atoms with Gasteiger partial charge in [-0.25, -0.2) is 0 Å². The molecule has 1 aliphatic carbocycles. The maximum Gasteiger partial charge on any atom is 0.309 e. The van der Waals surface area contributed by atoms with Gasteiger partial charge in [0.1, 0.15) is 0 Å². The zero-order chi connectivity index (χ0) is 14.0. The Morgan fingerprint density at radius 1 is 1.39 bits per heavy atom. The van der Waals surface area contributed by atoms with Crippen molar-refractivity contribution in [3.8, 4) is 0 Å². The molecule has 104 valence electrons. The molecule has 3 heteroatoms. The first kappa shape index (κ1) is 15.2. The summed E-state index contributed by atoms with van der Waals surface area (Å²) in [6.07, 6.45) is 4.19. The van der Waals surface area contributed by atoms with Gasteiger partial charge >= 0.3 is 5.97 Å². The first-order valence-electron chi connectivity index (χ1n) is 6.71. The van der Waals surface area contributed by atoms with Gasteiger partial charge in [-0.05, 0) is 40.0 Å². The van der Waals surface area contributed by atoms with Crippen LogP contribution < -0.4 is 0 Å². The Morgan fingerprint density at radius 2 is 2.00 bits per heavy atom. The molecule has 3 nitrogen and oxygen atoms in total. The highest BCUT2D eigenvalue weighted by molar-refractivity contribution is 5.74. The molecule has 18 heavy (non-hydrogen) atoms. The molecule has 1 rings (SSSR count). The van der Waals surface area contributed by atoms with E-state index in [0.29, 0.717) is 19.4 Å². The number of allylic oxidation sites excluding steroid dienone is 1. The van der Waals surface area contributed by atoms with Crippen molar-refractivity contribution in [2.75, 3.05) is 6.61 Å². The summed E-state index contributed by atoms with van der Waals surface area (Å²) < 4.78 is 5.31. The summed E-state index contributed by atoms with van der Waals surface area (Å²) in [6, 6.07) is 0. The van der Waals surface area contributed by atoms with Crippen molar-refractivity contribution in [2.24, 2.45) is 11.3 Å². The first-order valence-corrected chi connectivity index (χ1v) is 6.71. The van der Waals surface area contributed by atoms with Crippen LogP contribution in [0.15, 0.2) is 11.6 Å². The number of rotatable bonds is 4. The van der Waals surface area contributed by atoms with Crippen LogP contribution in [0.4, 0.5) is 0 Å². The van der Waals surface area contributed by atoms with Crippen LogP contribution in [0, 0.1) is 11.3 Å². The molecule has 0 aromatic carbocycles. The van der Waals surface area contributed by atoms with E-state index in [1.165, 1.54) is 5.57 Å². The fourth-order valence-electron chi connectivity index (χ4n) is 2.50. The molecular weight excluding hydrogens is 228 g/mol. The van der Waals surface area contributed by atoms with Gasteiger partial charge in [-0.2, -0.15) is 0 Å². The van der Waals surface area contributed by atoms with E-state index in [-0.39, 0.29) is 11.9 Å². The lowest BCUT2D eigenvalue weighted by atomic mass is 9.73. The van der Waals surface area contributed by atoms with E-state index in [9.17, 15) is 9.90 Å². The van der Waals surface area contributed by atoms with Crippen molar-refractivity contribution in [1.82, 2.24) is 0 Å². The molecule has 0 aromatic heterocycles.